The van der Waals surface area contributed by atoms with Gasteiger partial charge in [0.15, 0.2) is 0 Å². The first-order chi connectivity index (χ1) is 9.56. The standard InChI is InChI=1S/C15H14Cl3NO/c1-19-15(12-7-9(16)3-6-13(12)17)11-5-4-10(20-2)8-14(11)18/h3-8,15,19H,1-2H3. The highest BCUT2D eigenvalue weighted by Crippen LogP contribution is 2.35. The van der Waals surface area contributed by atoms with Crippen molar-refractivity contribution in [1.29, 1.82) is 0 Å². The molecule has 1 unspecified atom stereocenters. The Morgan fingerprint density at radius 3 is 2.30 bits per heavy atom. The first-order valence-corrected chi connectivity index (χ1v) is 7.16. The van der Waals surface area contributed by atoms with Gasteiger partial charge in [0, 0.05) is 15.1 Å². The van der Waals surface area contributed by atoms with Crippen LogP contribution in [0.5, 0.6) is 5.75 Å². The molecule has 106 valence electrons. The van der Waals surface area contributed by atoms with Crippen molar-refractivity contribution in [2.45, 2.75) is 6.04 Å². The molecule has 0 spiro atoms. The summed E-state index contributed by atoms with van der Waals surface area (Å²) in [6.07, 6.45) is 0. The summed E-state index contributed by atoms with van der Waals surface area (Å²) in [4.78, 5) is 0. The van der Waals surface area contributed by atoms with Gasteiger partial charge in [0.25, 0.3) is 0 Å². The molecule has 0 aliphatic carbocycles. The number of ether oxygens (including phenoxy) is 1. The van der Waals surface area contributed by atoms with Gasteiger partial charge in [-0.2, -0.15) is 0 Å². The van der Waals surface area contributed by atoms with E-state index in [1.807, 2.05) is 25.2 Å². The molecule has 0 saturated carbocycles. The van der Waals surface area contributed by atoms with Gasteiger partial charge in [0.1, 0.15) is 5.75 Å². The Bertz CT molecular complexity index is 616. The van der Waals surface area contributed by atoms with Crippen LogP contribution in [0.4, 0.5) is 0 Å². The van der Waals surface area contributed by atoms with E-state index in [4.69, 9.17) is 39.5 Å². The van der Waals surface area contributed by atoms with E-state index < -0.39 is 0 Å². The fourth-order valence-electron chi connectivity index (χ4n) is 2.08. The molecule has 2 rings (SSSR count). The first-order valence-electron chi connectivity index (χ1n) is 6.02. The molecule has 0 fully saturated rings. The van der Waals surface area contributed by atoms with E-state index in [-0.39, 0.29) is 6.04 Å². The van der Waals surface area contributed by atoms with Crippen molar-refractivity contribution >= 4 is 34.8 Å². The van der Waals surface area contributed by atoms with E-state index in [0.29, 0.717) is 20.8 Å². The van der Waals surface area contributed by atoms with Crippen molar-refractivity contribution in [2.75, 3.05) is 14.2 Å². The van der Waals surface area contributed by atoms with Crippen LogP contribution in [-0.2, 0) is 0 Å². The Morgan fingerprint density at radius 2 is 1.70 bits per heavy atom. The monoisotopic (exact) mass is 329 g/mol. The van der Waals surface area contributed by atoms with Crippen LogP contribution in [0.3, 0.4) is 0 Å². The fourth-order valence-corrected chi connectivity index (χ4v) is 2.77. The highest BCUT2D eigenvalue weighted by molar-refractivity contribution is 6.34. The normalized spacial score (nSPS) is 12.2. The number of benzene rings is 2. The van der Waals surface area contributed by atoms with Crippen molar-refractivity contribution < 1.29 is 4.74 Å². The summed E-state index contributed by atoms with van der Waals surface area (Å²) in [6, 6.07) is 10.8. The first kappa shape index (κ1) is 15.5. The van der Waals surface area contributed by atoms with E-state index in [2.05, 4.69) is 5.32 Å². The van der Waals surface area contributed by atoms with Gasteiger partial charge in [0.2, 0.25) is 0 Å². The zero-order valence-electron chi connectivity index (χ0n) is 11.1. The molecule has 0 saturated heterocycles. The Morgan fingerprint density at radius 1 is 0.950 bits per heavy atom. The molecule has 0 heterocycles. The highest BCUT2D eigenvalue weighted by atomic mass is 35.5. The van der Waals surface area contributed by atoms with Gasteiger partial charge in [0.05, 0.1) is 13.2 Å². The Labute approximate surface area is 133 Å². The Kier molecular flexibility index (Phi) is 5.17. The SMILES string of the molecule is CNC(c1ccc(OC)cc1Cl)c1cc(Cl)ccc1Cl. The van der Waals surface area contributed by atoms with Crippen molar-refractivity contribution in [2.24, 2.45) is 0 Å². The molecule has 2 aromatic rings. The predicted octanol–water partition coefficient (Wildman–Crippen LogP) is 4.96. The second kappa shape index (κ2) is 6.68. The summed E-state index contributed by atoms with van der Waals surface area (Å²) >= 11 is 18.6. The number of hydrogen-bond donors (Lipinski definition) is 1. The molecule has 5 heteroatoms. The molecule has 2 aromatic carbocycles. The largest absolute Gasteiger partial charge is 0.497 e. The van der Waals surface area contributed by atoms with Gasteiger partial charge in [-0.05, 0) is 48.5 Å². The Hall–Kier alpha value is -0.930. The lowest BCUT2D eigenvalue weighted by atomic mass is 9.98. The van der Waals surface area contributed by atoms with Crippen LogP contribution in [0.2, 0.25) is 15.1 Å². The third kappa shape index (κ3) is 3.21. The zero-order valence-corrected chi connectivity index (χ0v) is 13.4. The molecular formula is C15H14Cl3NO. The van der Waals surface area contributed by atoms with Crippen LogP contribution in [0.1, 0.15) is 17.2 Å². The zero-order chi connectivity index (χ0) is 14.7. The Balaban J connectivity index is 2.49. The average Bonchev–Trinajstić information content (AvgIpc) is 2.44. The summed E-state index contributed by atoms with van der Waals surface area (Å²) in [7, 11) is 3.46. The summed E-state index contributed by atoms with van der Waals surface area (Å²) < 4.78 is 5.16. The third-order valence-electron chi connectivity index (χ3n) is 3.08. The topological polar surface area (TPSA) is 21.3 Å². The number of rotatable bonds is 4. The number of nitrogens with one attached hydrogen (secondary N) is 1. The van der Waals surface area contributed by atoms with Crippen LogP contribution in [-0.4, -0.2) is 14.2 Å². The lowest BCUT2D eigenvalue weighted by Gasteiger charge is -2.20. The maximum Gasteiger partial charge on any atom is 0.120 e. The second-order valence-corrected chi connectivity index (χ2v) is 5.53. The maximum atomic E-state index is 6.33. The van der Waals surface area contributed by atoms with E-state index in [0.717, 1.165) is 11.1 Å². The molecule has 0 amide bonds. The summed E-state index contributed by atoms with van der Waals surface area (Å²) in [5, 5.41) is 5.10. The molecule has 20 heavy (non-hydrogen) atoms. The maximum absolute atomic E-state index is 6.33. The molecular weight excluding hydrogens is 317 g/mol. The van der Waals surface area contributed by atoms with Crippen molar-refractivity contribution in [3.05, 3.63) is 62.6 Å². The molecule has 0 aliphatic heterocycles. The van der Waals surface area contributed by atoms with Gasteiger partial charge in [-0.3, -0.25) is 0 Å². The summed E-state index contributed by atoms with van der Waals surface area (Å²) in [6.45, 7) is 0. The number of methoxy groups -OCH3 is 1. The second-order valence-electron chi connectivity index (χ2n) is 4.27. The molecule has 0 bridgehead atoms. The van der Waals surface area contributed by atoms with Gasteiger partial charge >= 0.3 is 0 Å². The summed E-state index contributed by atoms with van der Waals surface area (Å²) in [5.41, 5.74) is 1.80. The van der Waals surface area contributed by atoms with Gasteiger partial charge in [-0.1, -0.05) is 40.9 Å². The quantitative estimate of drug-likeness (QED) is 0.855. The fraction of sp³-hybridized carbons (Fsp3) is 0.200. The number of halogens is 3. The highest BCUT2D eigenvalue weighted by Gasteiger charge is 2.18. The van der Waals surface area contributed by atoms with Crippen LogP contribution in [0.25, 0.3) is 0 Å². The predicted molar refractivity (Wildman–Crippen MR) is 85.4 cm³/mol. The molecule has 2 nitrogen and oxygen atoms in total. The van der Waals surface area contributed by atoms with Gasteiger partial charge < -0.3 is 10.1 Å². The molecule has 0 aromatic heterocycles. The van der Waals surface area contributed by atoms with Crippen molar-refractivity contribution in [1.82, 2.24) is 5.32 Å². The smallest absolute Gasteiger partial charge is 0.120 e. The molecule has 1 atom stereocenters. The minimum absolute atomic E-state index is 0.139. The molecule has 0 radical (unpaired) electrons. The van der Waals surface area contributed by atoms with Crippen molar-refractivity contribution in [3.8, 4) is 5.75 Å². The van der Waals surface area contributed by atoms with Crippen LogP contribution in [0.15, 0.2) is 36.4 Å². The van der Waals surface area contributed by atoms with E-state index in [9.17, 15) is 0 Å². The summed E-state index contributed by atoms with van der Waals surface area (Å²) in [5.74, 6) is 0.714. The van der Waals surface area contributed by atoms with Crippen molar-refractivity contribution in [3.63, 3.8) is 0 Å². The van der Waals surface area contributed by atoms with Gasteiger partial charge in [-0.25, -0.2) is 0 Å². The third-order valence-corrected chi connectivity index (χ3v) is 3.98. The average molecular weight is 331 g/mol. The molecule has 0 aliphatic rings. The lowest BCUT2D eigenvalue weighted by molar-refractivity contribution is 0.414. The lowest BCUT2D eigenvalue weighted by Crippen LogP contribution is -2.18. The minimum Gasteiger partial charge on any atom is -0.497 e. The van der Waals surface area contributed by atoms with E-state index in [1.165, 1.54) is 0 Å². The van der Waals surface area contributed by atoms with Crippen LogP contribution in [0, 0.1) is 0 Å². The molecule has 1 N–H and O–H groups in total. The van der Waals surface area contributed by atoms with E-state index >= 15 is 0 Å². The van der Waals surface area contributed by atoms with Crippen LogP contribution < -0.4 is 10.1 Å². The number of hydrogen-bond acceptors (Lipinski definition) is 2. The van der Waals surface area contributed by atoms with Gasteiger partial charge in [-0.15, -0.1) is 0 Å². The minimum atomic E-state index is -0.139. The van der Waals surface area contributed by atoms with Crippen LogP contribution >= 0.6 is 34.8 Å². The van der Waals surface area contributed by atoms with E-state index in [1.54, 1.807) is 25.3 Å².